The highest BCUT2D eigenvalue weighted by Crippen LogP contribution is 2.29. The molecule has 5 nitrogen and oxygen atoms in total. The van der Waals surface area contributed by atoms with E-state index in [1.54, 1.807) is 0 Å². The van der Waals surface area contributed by atoms with Crippen LogP contribution in [0, 0.1) is 0 Å². The summed E-state index contributed by atoms with van der Waals surface area (Å²) in [7, 11) is 0. The second-order valence-corrected chi connectivity index (χ2v) is 5.36. The lowest BCUT2D eigenvalue weighted by atomic mass is 10.0. The first-order valence-corrected chi connectivity index (χ1v) is 7.33. The summed E-state index contributed by atoms with van der Waals surface area (Å²) in [5.41, 5.74) is 5.98. The number of hydrazine groups is 1. The van der Waals surface area contributed by atoms with Gasteiger partial charge in [0.2, 0.25) is 0 Å². The summed E-state index contributed by atoms with van der Waals surface area (Å²) >= 11 is 0. The molecule has 0 aliphatic rings. The van der Waals surface area contributed by atoms with Gasteiger partial charge in [0.1, 0.15) is 18.0 Å². The molecule has 2 aromatic rings. The second-order valence-electron chi connectivity index (χ2n) is 5.36. The van der Waals surface area contributed by atoms with E-state index in [-0.39, 0.29) is 5.92 Å². The van der Waals surface area contributed by atoms with E-state index in [1.807, 2.05) is 0 Å². The predicted octanol–water partition coefficient (Wildman–Crippen LogP) is 3.58. The van der Waals surface area contributed by atoms with Gasteiger partial charge in [-0.25, -0.2) is 15.8 Å². The average molecular weight is 285 g/mol. The molecular formula is C16H23N5. The molecule has 0 amide bonds. The number of benzene rings is 1. The Bertz CT molecular complexity index is 578. The van der Waals surface area contributed by atoms with Crippen LogP contribution in [0.25, 0.3) is 0 Å². The number of aromatic nitrogens is 2. The quantitative estimate of drug-likeness (QED) is 0.558. The molecule has 0 atom stereocenters. The minimum absolute atomic E-state index is 0.263. The van der Waals surface area contributed by atoms with Gasteiger partial charge in [-0.15, -0.1) is 0 Å². The monoisotopic (exact) mass is 285 g/mol. The highest BCUT2D eigenvalue weighted by atomic mass is 15.3. The number of nitrogens with one attached hydrogen (secondary N) is 2. The molecule has 0 spiro atoms. The fourth-order valence-corrected chi connectivity index (χ4v) is 2.34. The maximum atomic E-state index is 5.54. The Labute approximate surface area is 126 Å². The molecule has 0 saturated heterocycles. The number of nitrogen functional groups attached to an aromatic ring is 1. The van der Waals surface area contributed by atoms with Crippen molar-refractivity contribution in [2.75, 3.05) is 10.7 Å². The number of nitrogens with zero attached hydrogens (tertiary/aromatic N) is 2. The third kappa shape index (κ3) is 3.70. The summed E-state index contributed by atoms with van der Waals surface area (Å²) in [4.78, 5) is 8.52. The Morgan fingerprint density at radius 3 is 2.33 bits per heavy atom. The van der Waals surface area contributed by atoms with Crippen molar-refractivity contribution in [1.29, 1.82) is 0 Å². The fourth-order valence-electron chi connectivity index (χ4n) is 2.34. The number of rotatable bonds is 6. The molecule has 0 aliphatic carbocycles. The minimum Gasteiger partial charge on any atom is -0.340 e. The second kappa shape index (κ2) is 7.04. The number of nitrogens with two attached hydrogens (primary N) is 1. The molecule has 112 valence electrons. The molecule has 0 saturated carbocycles. The van der Waals surface area contributed by atoms with E-state index in [2.05, 4.69) is 65.7 Å². The van der Waals surface area contributed by atoms with Crippen molar-refractivity contribution >= 4 is 17.3 Å². The van der Waals surface area contributed by atoms with Crippen LogP contribution < -0.4 is 16.6 Å². The lowest BCUT2D eigenvalue weighted by molar-refractivity contribution is 0.850. The zero-order valence-corrected chi connectivity index (χ0v) is 12.9. The molecule has 1 aromatic heterocycles. The first-order chi connectivity index (χ1) is 10.2. The van der Waals surface area contributed by atoms with E-state index < -0.39 is 0 Å². The van der Waals surface area contributed by atoms with Crippen molar-refractivity contribution < 1.29 is 0 Å². The summed E-state index contributed by atoms with van der Waals surface area (Å²) in [6.07, 6.45) is 3.77. The maximum Gasteiger partial charge on any atom is 0.148 e. The van der Waals surface area contributed by atoms with Crippen molar-refractivity contribution in [3.05, 3.63) is 41.7 Å². The first kappa shape index (κ1) is 15.3. The maximum absolute atomic E-state index is 5.54. The summed E-state index contributed by atoms with van der Waals surface area (Å²) in [6.45, 7) is 6.37. The topological polar surface area (TPSA) is 75.9 Å². The van der Waals surface area contributed by atoms with Crippen molar-refractivity contribution in [1.82, 2.24) is 9.97 Å². The number of anilines is 3. The smallest absolute Gasteiger partial charge is 0.148 e. The number of hydrogen-bond acceptors (Lipinski definition) is 5. The van der Waals surface area contributed by atoms with Crippen molar-refractivity contribution in [2.45, 2.75) is 39.5 Å². The summed E-state index contributed by atoms with van der Waals surface area (Å²) in [5.74, 6) is 7.24. The van der Waals surface area contributed by atoms with Crippen molar-refractivity contribution in [3.63, 3.8) is 0 Å². The molecule has 0 bridgehead atoms. The van der Waals surface area contributed by atoms with E-state index in [0.29, 0.717) is 5.82 Å². The van der Waals surface area contributed by atoms with Gasteiger partial charge in [-0.05, 0) is 30.0 Å². The van der Waals surface area contributed by atoms with Crippen LogP contribution in [0.1, 0.15) is 44.2 Å². The van der Waals surface area contributed by atoms with Crippen molar-refractivity contribution in [2.24, 2.45) is 5.84 Å². The molecular weight excluding hydrogens is 262 g/mol. The van der Waals surface area contributed by atoms with E-state index in [9.17, 15) is 0 Å². The molecule has 1 aromatic carbocycles. The average Bonchev–Trinajstić information content (AvgIpc) is 2.49. The normalized spacial score (nSPS) is 10.7. The van der Waals surface area contributed by atoms with Gasteiger partial charge in [0, 0.05) is 11.3 Å². The minimum atomic E-state index is 0.263. The highest BCUT2D eigenvalue weighted by molar-refractivity contribution is 5.65. The summed E-state index contributed by atoms with van der Waals surface area (Å²) < 4.78 is 0. The van der Waals surface area contributed by atoms with Gasteiger partial charge in [0.15, 0.2) is 0 Å². The molecule has 0 aliphatic heterocycles. The van der Waals surface area contributed by atoms with Gasteiger partial charge < -0.3 is 10.7 Å². The zero-order valence-electron chi connectivity index (χ0n) is 12.9. The van der Waals surface area contributed by atoms with Gasteiger partial charge in [0.05, 0.1) is 0 Å². The third-order valence-corrected chi connectivity index (χ3v) is 3.35. The zero-order chi connectivity index (χ0) is 15.2. The molecule has 0 fully saturated rings. The van der Waals surface area contributed by atoms with Crippen LogP contribution in [0.5, 0.6) is 0 Å². The van der Waals surface area contributed by atoms with Crippen LogP contribution in [-0.2, 0) is 6.42 Å². The van der Waals surface area contributed by atoms with Gasteiger partial charge in [-0.1, -0.05) is 39.3 Å². The van der Waals surface area contributed by atoms with Crippen molar-refractivity contribution in [3.8, 4) is 0 Å². The van der Waals surface area contributed by atoms with Crippen LogP contribution >= 0.6 is 0 Å². The SMILES string of the molecule is CCCc1ccc(Nc2ncnc(NN)c2C(C)C)cc1. The summed E-state index contributed by atoms with van der Waals surface area (Å²) in [6, 6.07) is 8.44. The van der Waals surface area contributed by atoms with Crippen LogP contribution in [-0.4, -0.2) is 9.97 Å². The Morgan fingerprint density at radius 2 is 1.76 bits per heavy atom. The lowest BCUT2D eigenvalue weighted by Gasteiger charge is -2.16. The molecule has 5 heteroatoms. The number of aryl methyl sites for hydroxylation is 1. The van der Waals surface area contributed by atoms with Gasteiger partial charge in [-0.2, -0.15) is 0 Å². The van der Waals surface area contributed by atoms with Crippen LogP contribution in [0.15, 0.2) is 30.6 Å². The van der Waals surface area contributed by atoms with E-state index >= 15 is 0 Å². The van der Waals surface area contributed by atoms with Crippen LogP contribution in [0.3, 0.4) is 0 Å². The first-order valence-electron chi connectivity index (χ1n) is 7.33. The molecule has 1 heterocycles. The number of hydrogen-bond donors (Lipinski definition) is 3. The highest BCUT2D eigenvalue weighted by Gasteiger charge is 2.14. The predicted molar refractivity (Wildman–Crippen MR) is 87.7 cm³/mol. The van der Waals surface area contributed by atoms with Crippen LogP contribution in [0.4, 0.5) is 17.3 Å². The van der Waals surface area contributed by atoms with E-state index in [4.69, 9.17) is 5.84 Å². The van der Waals surface area contributed by atoms with Crippen LogP contribution in [0.2, 0.25) is 0 Å². The van der Waals surface area contributed by atoms with Gasteiger partial charge in [0.25, 0.3) is 0 Å². The lowest BCUT2D eigenvalue weighted by Crippen LogP contribution is -2.14. The molecule has 0 radical (unpaired) electrons. The molecule has 2 rings (SSSR count). The molecule has 0 unspecified atom stereocenters. The van der Waals surface area contributed by atoms with E-state index in [1.165, 1.54) is 11.9 Å². The molecule has 21 heavy (non-hydrogen) atoms. The third-order valence-electron chi connectivity index (χ3n) is 3.35. The standard InChI is InChI=1S/C16H23N5/c1-4-5-12-6-8-13(9-7-12)20-15-14(11(2)3)16(21-17)19-10-18-15/h6-11H,4-5,17H2,1-3H3,(H2,18,19,20,21). The Kier molecular flexibility index (Phi) is 5.11. The fraction of sp³-hybridized carbons (Fsp3) is 0.375. The van der Waals surface area contributed by atoms with E-state index in [0.717, 1.165) is 29.9 Å². The van der Waals surface area contributed by atoms with Gasteiger partial charge in [-0.3, -0.25) is 0 Å². The Balaban J connectivity index is 2.26. The Morgan fingerprint density at radius 1 is 1.10 bits per heavy atom. The Hall–Kier alpha value is -2.14. The molecule has 4 N–H and O–H groups in total. The van der Waals surface area contributed by atoms with Gasteiger partial charge >= 0.3 is 0 Å². The summed E-state index contributed by atoms with van der Waals surface area (Å²) in [5, 5.41) is 3.35. The largest absolute Gasteiger partial charge is 0.340 e.